The third-order valence-electron chi connectivity index (χ3n) is 6.18. The highest BCUT2D eigenvalue weighted by atomic mass is 32.2. The van der Waals surface area contributed by atoms with Crippen LogP contribution in [-0.2, 0) is 19.6 Å². The molecule has 0 bridgehead atoms. The minimum atomic E-state index is -3.95. The molecule has 0 radical (unpaired) electrons. The molecule has 0 saturated carbocycles. The molecule has 3 heterocycles. The number of hydrogen-bond donors (Lipinski definition) is 2. The first kappa shape index (κ1) is 23.5. The fourth-order valence-corrected chi connectivity index (χ4v) is 4.88. The zero-order chi connectivity index (χ0) is 25.6. The van der Waals surface area contributed by atoms with Crippen molar-refractivity contribution in [2.24, 2.45) is 5.14 Å². The second-order valence-electron chi connectivity index (χ2n) is 8.42. The van der Waals surface area contributed by atoms with Crippen LogP contribution in [0.2, 0.25) is 0 Å². The minimum absolute atomic E-state index is 0.131. The van der Waals surface area contributed by atoms with Crippen molar-refractivity contribution in [2.45, 2.75) is 10.9 Å². The van der Waals surface area contributed by atoms with Crippen LogP contribution in [-0.4, -0.2) is 50.4 Å². The number of aliphatic hydroxyl groups is 1. The number of likely N-dealkylation sites (N-methyl/N-ethyl adjacent to an activating group) is 1. The zero-order valence-electron chi connectivity index (χ0n) is 19.2. The van der Waals surface area contributed by atoms with Gasteiger partial charge in [0, 0.05) is 24.5 Å². The number of ether oxygens (including phenoxy) is 1. The molecule has 36 heavy (non-hydrogen) atoms. The van der Waals surface area contributed by atoms with Crippen LogP contribution in [0.4, 0.5) is 11.4 Å². The lowest BCUT2D eigenvalue weighted by Crippen LogP contribution is -2.30. The van der Waals surface area contributed by atoms with E-state index in [0.717, 1.165) is 5.69 Å². The van der Waals surface area contributed by atoms with Crippen molar-refractivity contribution in [1.29, 1.82) is 0 Å². The Balaban J connectivity index is 1.67. The molecule has 184 valence electrons. The standard InChI is InChI=1S/C25H22N4O6S/c1-28-12-13-35-20-10-5-15(14-19(20)28)23(30)21-22(18-4-2-3-11-27-18)29(25(32)24(21)31)16-6-8-17(9-7-16)36(26,33)34/h2-11,14,22,30H,12-13H2,1H3,(H2,26,33,34)/b23-21-. The highest BCUT2D eigenvalue weighted by Gasteiger charge is 2.47. The van der Waals surface area contributed by atoms with Crippen LogP contribution in [0.5, 0.6) is 5.75 Å². The lowest BCUT2D eigenvalue weighted by molar-refractivity contribution is -0.132. The third-order valence-corrected chi connectivity index (χ3v) is 7.11. The molecule has 11 heteroatoms. The molecule has 2 aliphatic heterocycles. The number of anilines is 2. The van der Waals surface area contributed by atoms with Gasteiger partial charge in [-0.3, -0.25) is 19.5 Å². The van der Waals surface area contributed by atoms with E-state index in [2.05, 4.69) is 4.98 Å². The number of fused-ring (bicyclic) bond motifs is 1. The van der Waals surface area contributed by atoms with E-state index in [9.17, 15) is 23.1 Å². The second-order valence-corrected chi connectivity index (χ2v) is 9.98. The molecule has 0 aliphatic carbocycles. The summed E-state index contributed by atoms with van der Waals surface area (Å²) in [4.78, 5) is 33.9. The van der Waals surface area contributed by atoms with Gasteiger partial charge in [0.2, 0.25) is 10.0 Å². The van der Waals surface area contributed by atoms with Crippen LogP contribution < -0.4 is 19.7 Å². The maximum atomic E-state index is 13.3. The Hall–Kier alpha value is -4.22. The summed E-state index contributed by atoms with van der Waals surface area (Å²) in [5.41, 5.74) is 1.56. The van der Waals surface area contributed by atoms with E-state index in [4.69, 9.17) is 9.88 Å². The third kappa shape index (κ3) is 3.97. The maximum Gasteiger partial charge on any atom is 0.300 e. The summed E-state index contributed by atoms with van der Waals surface area (Å²) in [6.07, 6.45) is 1.52. The van der Waals surface area contributed by atoms with Crippen molar-refractivity contribution >= 4 is 38.8 Å². The molecule has 1 fully saturated rings. The lowest BCUT2D eigenvalue weighted by Gasteiger charge is -2.28. The number of carbonyl (C=O) groups is 2. The van der Waals surface area contributed by atoms with E-state index in [-0.39, 0.29) is 21.9 Å². The van der Waals surface area contributed by atoms with Gasteiger partial charge in [-0.2, -0.15) is 0 Å². The highest BCUT2D eigenvalue weighted by molar-refractivity contribution is 7.89. The first-order valence-electron chi connectivity index (χ1n) is 11.0. The first-order chi connectivity index (χ1) is 17.2. The zero-order valence-corrected chi connectivity index (χ0v) is 20.0. The monoisotopic (exact) mass is 506 g/mol. The van der Waals surface area contributed by atoms with Crippen molar-refractivity contribution in [3.63, 3.8) is 0 Å². The molecule has 3 N–H and O–H groups in total. The quantitative estimate of drug-likeness (QED) is 0.311. The number of rotatable bonds is 4. The van der Waals surface area contributed by atoms with Crippen LogP contribution >= 0.6 is 0 Å². The Morgan fingerprint density at radius 1 is 1.11 bits per heavy atom. The Kier molecular flexibility index (Phi) is 5.73. The maximum absolute atomic E-state index is 13.3. The number of benzene rings is 2. The number of aromatic nitrogens is 1. The fourth-order valence-electron chi connectivity index (χ4n) is 4.37. The topological polar surface area (TPSA) is 143 Å². The number of primary sulfonamides is 1. The molecular weight excluding hydrogens is 484 g/mol. The van der Waals surface area contributed by atoms with Crippen molar-refractivity contribution in [1.82, 2.24) is 4.98 Å². The number of hydrogen-bond acceptors (Lipinski definition) is 8. The molecule has 1 aromatic heterocycles. The molecule has 3 aromatic rings. The summed E-state index contributed by atoms with van der Waals surface area (Å²) in [5, 5.41) is 16.5. The number of aliphatic hydroxyl groups excluding tert-OH is 1. The van der Waals surface area contributed by atoms with Crippen LogP contribution in [0.1, 0.15) is 17.3 Å². The number of carbonyl (C=O) groups excluding carboxylic acids is 2. The van der Waals surface area contributed by atoms with Crippen molar-refractivity contribution in [3.05, 3.63) is 83.7 Å². The number of amides is 1. The van der Waals surface area contributed by atoms with Gasteiger partial charge in [0.05, 0.1) is 28.4 Å². The SMILES string of the molecule is CN1CCOc2ccc(/C(O)=C3/C(=O)C(=O)N(c4ccc(S(N)(=O)=O)cc4)C3c3ccccn3)cc21. The summed E-state index contributed by atoms with van der Waals surface area (Å²) in [6.45, 7) is 1.19. The largest absolute Gasteiger partial charge is 0.507 e. The molecule has 1 amide bonds. The van der Waals surface area contributed by atoms with E-state index in [1.54, 1.807) is 36.4 Å². The molecule has 2 aliphatic rings. The van der Waals surface area contributed by atoms with Crippen LogP contribution in [0.15, 0.2) is 77.3 Å². The van der Waals surface area contributed by atoms with E-state index >= 15 is 0 Å². The lowest BCUT2D eigenvalue weighted by atomic mass is 9.97. The van der Waals surface area contributed by atoms with Crippen LogP contribution in [0, 0.1) is 0 Å². The van der Waals surface area contributed by atoms with Crippen LogP contribution in [0.3, 0.4) is 0 Å². The minimum Gasteiger partial charge on any atom is -0.507 e. The molecule has 2 aromatic carbocycles. The molecule has 1 unspecified atom stereocenters. The van der Waals surface area contributed by atoms with Crippen molar-refractivity contribution in [3.8, 4) is 5.75 Å². The number of Topliss-reactive ketones (excluding diaryl/α,β-unsaturated/α-hetero) is 1. The first-order valence-corrected chi connectivity index (χ1v) is 12.5. The van der Waals surface area contributed by atoms with E-state index < -0.39 is 27.8 Å². The van der Waals surface area contributed by atoms with Gasteiger partial charge in [-0.15, -0.1) is 0 Å². The molecule has 5 rings (SSSR count). The summed E-state index contributed by atoms with van der Waals surface area (Å²) in [7, 11) is -2.06. The van der Waals surface area contributed by atoms with Gasteiger partial charge >= 0.3 is 0 Å². The Morgan fingerprint density at radius 3 is 2.53 bits per heavy atom. The molecular formula is C25H22N4O6S. The summed E-state index contributed by atoms with van der Waals surface area (Å²) in [5.74, 6) is -1.47. The number of nitrogens with two attached hydrogens (primary N) is 1. The predicted octanol–water partition coefficient (Wildman–Crippen LogP) is 2.18. The Labute approximate surface area is 207 Å². The van der Waals surface area contributed by atoms with Crippen molar-refractivity contribution < 1.29 is 27.9 Å². The highest BCUT2D eigenvalue weighted by Crippen LogP contribution is 2.42. The Morgan fingerprint density at radius 2 is 1.86 bits per heavy atom. The van der Waals surface area contributed by atoms with E-state index in [0.29, 0.717) is 30.2 Å². The second kappa shape index (κ2) is 8.77. The average Bonchev–Trinajstić information content (AvgIpc) is 3.14. The van der Waals surface area contributed by atoms with Gasteiger partial charge in [-0.25, -0.2) is 13.6 Å². The number of sulfonamides is 1. The summed E-state index contributed by atoms with van der Waals surface area (Å²) in [6, 6.07) is 14.3. The van der Waals surface area contributed by atoms with Gasteiger partial charge in [-0.1, -0.05) is 6.07 Å². The molecule has 1 atom stereocenters. The molecule has 1 saturated heterocycles. The van der Waals surface area contributed by atoms with Gasteiger partial charge in [0.25, 0.3) is 11.7 Å². The van der Waals surface area contributed by atoms with Gasteiger partial charge in [0.15, 0.2) is 0 Å². The Bertz CT molecular complexity index is 1500. The number of ketones is 1. The van der Waals surface area contributed by atoms with Crippen LogP contribution in [0.25, 0.3) is 5.76 Å². The average molecular weight is 507 g/mol. The summed E-state index contributed by atoms with van der Waals surface area (Å²) >= 11 is 0. The fraction of sp³-hybridized carbons (Fsp3) is 0.160. The van der Waals surface area contributed by atoms with Gasteiger partial charge in [-0.05, 0) is 54.6 Å². The van der Waals surface area contributed by atoms with Crippen molar-refractivity contribution in [2.75, 3.05) is 30.0 Å². The summed E-state index contributed by atoms with van der Waals surface area (Å²) < 4.78 is 29.0. The smallest absolute Gasteiger partial charge is 0.300 e. The van der Waals surface area contributed by atoms with Gasteiger partial charge in [0.1, 0.15) is 24.2 Å². The molecule has 10 nitrogen and oxygen atoms in total. The predicted molar refractivity (Wildman–Crippen MR) is 132 cm³/mol. The molecule has 0 spiro atoms. The normalized spacial score (nSPS) is 19.2. The van der Waals surface area contributed by atoms with Gasteiger partial charge < -0.3 is 14.7 Å². The number of pyridine rings is 1. The van der Waals surface area contributed by atoms with E-state index in [1.807, 2.05) is 11.9 Å². The number of nitrogens with zero attached hydrogens (tertiary/aromatic N) is 3. The van der Waals surface area contributed by atoms with E-state index in [1.165, 1.54) is 35.4 Å².